The van der Waals surface area contributed by atoms with Crippen LogP contribution in [0.25, 0.3) is 0 Å². The Hall–Kier alpha value is -1.62. The molecule has 0 heterocycles. The molecule has 0 amide bonds. The van der Waals surface area contributed by atoms with E-state index in [1.165, 1.54) is 37.8 Å². The molecule has 0 saturated heterocycles. The van der Waals surface area contributed by atoms with Gasteiger partial charge in [-0.25, -0.2) is 0 Å². The summed E-state index contributed by atoms with van der Waals surface area (Å²) in [7, 11) is 0. The quantitative estimate of drug-likeness (QED) is 0.339. The highest BCUT2D eigenvalue weighted by Gasteiger charge is 2.29. The minimum Gasteiger partial charge on any atom is -0.487 e. The van der Waals surface area contributed by atoms with Gasteiger partial charge < -0.3 is 10.5 Å². The molecule has 5 nitrogen and oxygen atoms in total. The average Bonchev–Trinajstić information content (AvgIpc) is 2.55. The third-order valence-corrected chi connectivity index (χ3v) is 4.36. The van der Waals surface area contributed by atoms with Crippen molar-refractivity contribution in [2.24, 2.45) is 5.73 Å². The molecule has 2 N–H and O–H groups in total. The number of unbranched alkanes of at least 4 members (excludes halogenated alkanes) is 4. The molecule has 130 valence electrons. The van der Waals surface area contributed by atoms with Crippen molar-refractivity contribution in [3.05, 3.63) is 34.4 Å². The van der Waals surface area contributed by atoms with Crippen LogP contribution in [0.4, 0.5) is 5.69 Å². The topological polar surface area (TPSA) is 78.4 Å². The van der Waals surface area contributed by atoms with Crippen LogP contribution in [0.5, 0.6) is 5.75 Å². The van der Waals surface area contributed by atoms with E-state index in [0.717, 1.165) is 25.7 Å². The number of hydrogen-bond donors (Lipinski definition) is 1. The predicted octanol–water partition coefficient (Wildman–Crippen LogP) is 4.83. The van der Waals surface area contributed by atoms with Gasteiger partial charge in [0, 0.05) is 12.1 Å². The highest BCUT2D eigenvalue weighted by molar-refractivity contribution is 5.36. The molecule has 0 aromatic heterocycles. The van der Waals surface area contributed by atoms with Crippen LogP contribution in [0, 0.1) is 10.1 Å². The summed E-state index contributed by atoms with van der Waals surface area (Å²) in [5, 5.41) is 10.7. The number of hydrogen-bond acceptors (Lipinski definition) is 4. The Balaban J connectivity index is 2.69. The molecule has 0 spiro atoms. The van der Waals surface area contributed by atoms with Gasteiger partial charge in [-0.2, -0.15) is 0 Å². The number of nitrogens with two attached hydrogens (primary N) is 1. The highest BCUT2D eigenvalue weighted by Crippen LogP contribution is 2.30. The number of rotatable bonds is 12. The SMILES string of the molecule is CCCCCCCC(CC)(CCN)Oc1ccc([N+](=O)[O-])cc1. The van der Waals surface area contributed by atoms with Crippen LogP contribution < -0.4 is 10.5 Å². The fourth-order valence-electron chi connectivity index (χ4n) is 2.85. The molecule has 0 fully saturated rings. The highest BCUT2D eigenvalue weighted by atomic mass is 16.6. The molecule has 1 rings (SSSR count). The first-order valence-electron chi connectivity index (χ1n) is 8.70. The fraction of sp³-hybridized carbons (Fsp3) is 0.667. The maximum absolute atomic E-state index is 10.7. The molecular formula is C18H30N2O3. The van der Waals surface area contributed by atoms with Gasteiger partial charge in [-0.15, -0.1) is 0 Å². The lowest BCUT2D eigenvalue weighted by Crippen LogP contribution is -2.37. The van der Waals surface area contributed by atoms with E-state index in [-0.39, 0.29) is 11.3 Å². The third-order valence-electron chi connectivity index (χ3n) is 4.36. The maximum atomic E-state index is 10.7. The zero-order valence-corrected chi connectivity index (χ0v) is 14.4. The Labute approximate surface area is 139 Å². The summed E-state index contributed by atoms with van der Waals surface area (Å²) in [6.45, 7) is 4.91. The fourth-order valence-corrected chi connectivity index (χ4v) is 2.85. The summed E-state index contributed by atoms with van der Waals surface area (Å²) in [6.07, 6.45) is 8.77. The number of nitro benzene ring substituents is 1. The van der Waals surface area contributed by atoms with Crippen molar-refractivity contribution >= 4 is 5.69 Å². The molecule has 0 radical (unpaired) electrons. The second-order valence-corrected chi connectivity index (χ2v) is 6.09. The zero-order chi connectivity index (χ0) is 17.1. The molecular weight excluding hydrogens is 292 g/mol. The molecule has 0 bridgehead atoms. The Morgan fingerprint density at radius 1 is 1.09 bits per heavy atom. The van der Waals surface area contributed by atoms with Crippen molar-refractivity contribution in [2.75, 3.05) is 6.54 Å². The molecule has 0 saturated carbocycles. The van der Waals surface area contributed by atoms with E-state index >= 15 is 0 Å². The van der Waals surface area contributed by atoms with E-state index in [1.54, 1.807) is 12.1 Å². The van der Waals surface area contributed by atoms with Crippen molar-refractivity contribution < 1.29 is 9.66 Å². The molecule has 1 atom stereocenters. The van der Waals surface area contributed by atoms with Gasteiger partial charge in [-0.3, -0.25) is 10.1 Å². The Morgan fingerprint density at radius 2 is 1.74 bits per heavy atom. The van der Waals surface area contributed by atoms with Crippen molar-refractivity contribution in [2.45, 2.75) is 70.8 Å². The summed E-state index contributed by atoms with van der Waals surface area (Å²) in [5.74, 6) is 0.680. The lowest BCUT2D eigenvalue weighted by atomic mass is 9.89. The predicted molar refractivity (Wildman–Crippen MR) is 93.8 cm³/mol. The van der Waals surface area contributed by atoms with Crippen LogP contribution in [0.3, 0.4) is 0 Å². The lowest BCUT2D eigenvalue weighted by molar-refractivity contribution is -0.384. The Bertz CT molecular complexity index is 462. The van der Waals surface area contributed by atoms with Gasteiger partial charge in [0.2, 0.25) is 0 Å². The van der Waals surface area contributed by atoms with E-state index in [4.69, 9.17) is 10.5 Å². The van der Waals surface area contributed by atoms with Gasteiger partial charge in [0.25, 0.3) is 5.69 Å². The molecule has 1 aromatic rings. The van der Waals surface area contributed by atoms with Gasteiger partial charge >= 0.3 is 0 Å². The van der Waals surface area contributed by atoms with Crippen LogP contribution in [0.1, 0.15) is 65.2 Å². The van der Waals surface area contributed by atoms with E-state index < -0.39 is 4.92 Å². The number of benzene rings is 1. The second kappa shape index (κ2) is 10.2. The molecule has 5 heteroatoms. The molecule has 23 heavy (non-hydrogen) atoms. The first-order chi connectivity index (χ1) is 11.1. The Morgan fingerprint density at radius 3 is 2.26 bits per heavy atom. The van der Waals surface area contributed by atoms with Gasteiger partial charge in [-0.05, 0) is 44.4 Å². The summed E-state index contributed by atoms with van der Waals surface area (Å²) >= 11 is 0. The third kappa shape index (κ3) is 6.57. The smallest absolute Gasteiger partial charge is 0.269 e. The van der Waals surface area contributed by atoms with E-state index in [9.17, 15) is 10.1 Å². The molecule has 1 unspecified atom stereocenters. The van der Waals surface area contributed by atoms with Gasteiger partial charge in [0.15, 0.2) is 0 Å². The Kier molecular flexibility index (Phi) is 8.62. The summed E-state index contributed by atoms with van der Waals surface area (Å²) in [6, 6.07) is 6.32. The van der Waals surface area contributed by atoms with Crippen LogP contribution in [0.2, 0.25) is 0 Å². The zero-order valence-electron chi connectivity index (χ0n) is 14.4. The first kappa shape index (κ1) is 19.4. The van der Waals surface area contributed by atoms with Crippen LogP contribution in [-0.4, -0.2) is 17.1 Å². The monoisotopic (exact) mass is 322 g/mol. The van der Waals surface area contributed by atoms with Gasteiger partial charge in [0.05, 0.1) is 4.92 Å². The van der Waals surface area contributed by atoms with Crippen molar-refractivity contribution in [3.8, 4) is 5.75 Å². The normalized spacial score (nSPS) is 13.5. The van der Waals surface area contributed by atoms with Crippen molar-refractivity contribution in [1.82, 2.24) is 0 Å². The average molecular weight is 322 g/mol. The van der Waals surface area contributed by atoms with Crippen molar-refractivity contribution in [1.29, 1.82) is 0 Å². The number of ether oxygens (including phenoxy) is 1. The van der Waals surface area contributed by atoms with Crippen LogP contribution >= 0.6 is 0 Å². The largest absolute Gasteiger partial charge is 0.487 e. The lowest BCUT2D eigenvalue weighted by Gasteiger charge is -2.33. The van der Waals surface area contributed by atoms with Gasteiger partial charge in [-0.1, -0.05) is 39.5 Å². The van der Waals surface area contributed by atoms with E-state index in [1.807, 2.05) is 0 Å². The molecule has 1 aromatic carbocycles. The number of nitrogens with zero attached hydrogens (tertiary/aromatic N) is 1. The van der Waals surface area contributed by atoms with Crippen molar-refractivity contribution in [3.63, 3.8) is 0 Å². The van der Waals surface area contributed by atoms with Crippen LogP contribution in [-0.2, 0) is 0 Å². The minimum absolute atomic E-state index is 0.0813. The second-order valence-electron chi connectivity index (χ2n) is 6.09. The number of nitro groups is 1. The first-order valence-corrected chi connectivity index (χ1v) is 8.70. The van der Waals surface area contributed by atoms with E-state index in [0.29, 0.717) is 12.3 Å². The van der Waals surface area contributed by atoms with E-state index in [2.05, 4.69) is 13.8 Å². The maximum Gasteiger partial charge on any atom is 0.269 e. The summed E-state index contributed by atoms with van der Waals surface area (Å²) in [5.41, 5.74) is 5.60. The molecule has 0 aliphatic heterocycles. The summed E-state index contributed by atoms with van der Waals surface area (Å²) in [4.78, 5) is 10.3. The minimum atomic E-state index is -0.398. The number of non-ortho nitro benzene ring substituents is 1. The molecule has 0 aliphatic rings. The van der Waals surface area contributed by atoms with Crippen LogP contribution in [0.15, 0.2) is 24.3 Å². The summed E-state index contributed by atoms with van der Waals surface area (Å²) < 4.78 is 6.23. The standard InChI is InChI=1S/C18H30N2O3/c1-3-5-6-7-8-13-18(4-2,14-15-19)23-17-11-9-16(10-12-17)20(21)22/h9-12H,3-8,13-15,19H2,1-2H3. The molecule has 0 aliphatic carbocycles. The van der Waals surface area contributed by atoms with Gasteiger partial charge in [0.1, 0.15) is 11.4 Å².